The van der Waals surface area contributed by atoms with Gasteiger partial charge in [0.1, 0.15) is 9.84 Å². The maximum atomic E-state index is 11.7. The molecule has 1 saturated carbocycles. The second-order valence-corrected chi connectivity index (χ2v) is 8.25. The summed E-state index contributed by atoms with van der Waals surface area (Å²) in [6, 6.07) is 0. The molecular formula is C14H28O4S. The molecule has 4 nitrogen and oxygen atoms in total. The van der Waals surface area contributed by atoms with Crippen LogP contribution in [-0.4, -0.2) is 43.3 Å². The maximum absolute atomic E-state index is 11.7. The molecule has 19 heavy (non-hydrogen) atoms. The highest BCUT2D eigenvalue weighted by atomic mass is 32.2. The minimum atomic E-state index is -3.01. The Bertz CT molecular complexity index is 379. The summed E-state index contributed by atoms with van der Waals surface area (Å²) >= 11 is 0. The van der Waals surface area contributed by atoms with Crippen molar-refractivity contribution in [2.45, 2.75) is 69.8 Å². The summed E-state index contributed by atoms with van der Waals surface area (Å²) in [7, 11) is -3.01. The van der Waals surface area contributed by atoms with Crippen LogP contribution in [0.15, 0.2) is 0 Å². The zero-order valence-corrected chi connectivity index (χ0v) is 13.4. The monoisotopic (exact) mass is 292 g/mol. The van der Waals surface area contributed by atoms with E-state index in [9.17, 15) is 13.5 Å². The normalized spacial score (nSPS) is 29.7. The maximum Gasteiger partial charge on any atom is 0.150 e. The summed E-state index contributed by atoms with van der Waals surface area (Å²) in [4.78, 5) is 0. The Morgan fingerprint density at radius 3 is 2.47 bits per heavy atom. The zero-order valence-electron chi connectivity index (χ0n) is 12.6. The van der Waals surface area contributed by atoms with Crippen LogP contribution >= 0.6 is 0 Å². The summed E-state index contributed by atoms with van der Waals surface area (Å²) in [5.74, 6) is 0.0185. The Balaban J connectivity index is 2.79. The third-order valence-electron chi connectivity index (χ3n) is 4.52. The second-order valence-electron chi connectivity index (χ2n) is 5.92. The molecule has 0 bridgehead atoms. The molecular weight excluding hydrogens is 264 g/mol. The number of aliphatic hydroxyl groups is 1. The smallest absolute Gasteiger partial charge is 0.150 e. The van der Waals surface area contributed by atoms with Crippen molar-refractivity contribution in [3.05, 3.63) is 0 Å². The van der Waals surface area contributed by atoms with Gasteiger partial charge in [0.05, 0.1) is 17.0 Å². The van der Waals surface area contributed by atoms with Crippen LogP contribution in [0.3, 0.4) is 0 Å². The lowest BCUT2D eigenvalue weighted by Gasteiger charge is -2.40. The molecule has 1 aliphatic rings. The lowest BCUT2D eigenvalue weighted by Crippen LogP contribution is -2.48. The number of aliphatic hydroxyl groups excluding tert-OH is 1. The first-order valence-electron chi connectivity index (χ1n) is 7.25. The Morgan fingerprint density at radius 1 is 1.37 bits per heavy atom. The van der Waals surface area contributed by atoms with Crippen LogP contribution in [0.2, 0.25) is 0 Å². The van der Waals surface area contributed by atoms with Gasteiger partial charge in [0.25, 0.3) is 0 Å². The van der Waals surface area contributed by atoms with E-state index in [0.29, 0.717) is 13.0 Å². The van der Waals surface area contributed by atoms with Gasteiger partial charge in [-0.3, -0.25) is 0 Å². The van der Waals surface area contributed by atoms with Gasteiger partial charge in [-0.2, -0.15) is 0 Å². The number of rotatable bonds is 6. The quantitative estimate of drug-likeness (QED) is 0.815. The SMILES string of the molecule is CCOC(C)(CC)C(O)C1CCCC(S(C)(=O)=O)C1. The van der Waals surface area contributed by atoms with Crippen LogP contribution in [0.5, 0.6) is 0 Å². The highest BCUT2D eigenvalue weighted by Gasteiger charge is 2.41. The molecule has 0 radical (unpaired) electrons. The molecule has 5 heteroatoms. The van der Waals surface area contributed by atoms with Crippen molar-refractivity contribution in [1.29, 1.82) is 0 Å². The highest BCUT2D eigenvalue weighted by Crippen LogP contribution is 2.36. The van der Waals surface area contributed by atoms with Gasteiger partial charge >= 0.3 is 0 Å². The highest BCUT2D eigenvalue weighted by molar-refractivity contribution is 7.91. The average molecular weight is 292 g/mol. The Hall–Kier alpha value is -0.130. The topological polar surface area (TPSA) is 63.6 Å². The van der Waals surface area contributed by atoms with Crippen molar-refractivity contribution in [2.75, 3.05) is 12.9 Å². The molecule has 0 aromatic rings. The van der Waals surface area contributed by atoms with E-state index in [2.05, 4.69) is 0 Å². The number of hydrogen-bond acceptors (Lipinski definition) is 4. The van der Waals surface area contributed by atoms with Crippen LogP contribution in [0, 0.1) is 5.92 Å². The molecule has 1 rings (SSSR count). The summed E-state index contributed by atoms with van der Waals surface area (Å²) in [6.45, 7) is 6.39. The van der Waals surface area contributed by atoms with E-state index in [1.165, 1.54) is 6.26 Å². The lowest BCUT2D eigenvalue weighted by molar-refractivity contribution is -0.134. The predicted molar refractivity (Wildman–Crippen MR) is 76.9 cm³/mol. The van der Waals surface area contributed by atoms with Gasteiger partial charge in [-0.25, -0.2) is 8.42 Å². The minimum absolute atomic E-state index is 0.0185. The standard InChI is InChI=1S/C14H28O4S/c1-5-14(3,18-6-2)13(15)11-8-7-9-12(10-11)19(4,16)17/h11-13,15H,5-10H2,1-4H3. The van der Waals surface area contributed by atoms with E-state index in [0.717, 1.165) is 25.7 Å². The van der Waals surface area contributed by atoms with Gasteiger partial charge in [0.15, 0.2) is 0 Å². The average Bonchev–Trinajstić information content (AvgIpc) is 2.37. The third kappa shape index (κ3) is 4.17. The van der Waals surface area contributed by atoms with Gasteiger partial charge < -0.3 is 9.84 Å². The molecule has 0 heterocycles. The minimum Gasteiger partial charge on any atom is -0.390 e. The molecule has 0 saturated heterocycles. The summed E-state index contributed by atoms with van der Waals surface area (Å²) < 4.78 is 29.1. The summed E-state index contributed by atoms with van der Waals surface area (Å²) in [5, 5.41) is 10.3. The van der Waals surface area contributed by atoms with E-state index in [-0.39, 0.29) is 11.2 Å². The van der Waals surface area contributed by atoms with Crippen LogP contribution in [-0.2, 0) is 14.6 Å². The molecule has 0 aromatic carbocycles. The van der Waals surface area contributed by atoms with Crippen molar-refractivity contribution in [3.8, 4) is 0 Å². The first-order valence-corrected chi connectivity index (χ1v) is 9.21. The van der Waals surface area contributed by atoms with Gasteiger partial charge in [-0.1, -0.05) is 13.3 Å². The molecule has 4 atom stereocenters. The number of ether oxygens (including phenoxy) is 1. The van der Waals surface area contributed by atoms with Crippen molar-refractivity contribution < 1.29 is 18.3 Å². The largest absolute Gasteiger partial charge is 0.390 e. The van der Waals surface area contributed by atoms with Crippen LogP contribution < -0.4 is 0 Å². The molecule has 4 unspecified atom stereocenters. The Kier molecular flexibility index (Phi) is 5.83. The van der Waals surface area contributed by atoms with Gasteiger partial charge in [-0.05, 0) is 45.4 Å². The van der Waals surface area contributed by atoms with Crippen LogP contribution in [0.4, 0.5) is 0 Å². The Morgan fingerprint density at radius 2 is 2.00 bits per heavy atom. The van der Waals surface area contributed by atoms with Crippen LogP contribution in [0.25, 0.3) is 0 Å². The van der Waals surface area contributed by atoms with E-state index < -0.39 is 21.5 Å². The van der Waals surface area contributed by atoms with E-state index in [4.69, 9.17) is 4.74 Å². The van der Waals surface area contributed by atoms with Crippen molar-refractivity contribution in [2.24, 2.45) is 5.92 Å². The summed E-state index contributed by atoms with van der Waals surface area (Å²) in [6.07, 6.45) is 4.46. The molecule has 1 N–H and O–H groups in total. The molecule has 0 spiro atoms. The van der Waals surface area contributed by atoms with Gasteiger partial charge in [0, 0.05) is 12.9 Å². The molecule has 114 valence electrons. The lowest BCUT2D eigenvalue weighted by atomic mass is 9.78. The molecule has 1 aliphatic carbocycles. The molecule has 0 aromatic heterocycles. The fourth-order valence-electron chi connectivity index (χ4n) is 3.08. The first kappa shape index (κ1) is 16.9. The second kappa shape index (κ2) is 6.55. The van der Waals surface area contributed by atoms with Crippen molar-refractivity contribution >= 4 is 9.84 Å². The molecule has 1 fully saturated rings. The number of hydrogen-bond donors (Lipinski definition) is 1. The fraction of sp³-hybridized carbons (Fsp3) is 1.00. The van der Waals surface area contributed by atoms with Crippen LogP contribution in [0.1, 0.15) is 52.9 Å². The van der Waals surface area contributed by atoms with Crippen molar-refractivity contribution in [1.82, 2.24) is 0 Å². The zero-order chi connectivity index (χ0) is 14.7. The third-order valence-corrected chi connectivity index (χ3v) is 6.16. The fourth-order valence-corrected chi connectivity index (χ4v) is 4.27. The molecule has 0 amide bonds. The first-order chi connectivity index (χ1) is 8.74. The van der Waals surface area contributed by atoms with Gasteiger partial charge in [0.2, 0.25) is 0 Å². The van der Waals surface area contributed by atoms with E-state index in [1.54, 1.807) is 0 Å². The number of sulfone groups is 1. The Labute approximate surface area is 117 Å². The van der Waals surface area contributed by atoms with Crippen molar-refractivity contribution in [3.63, 3.8) is 0 Å². The van der Waals surface area contributed by atoms with E-state index in [1.807, 2.05) is 20.8 Å². The summed E-state index contributed by atoms with van der Waals surface area (Å²) in [5.41, 5.74) is -0.571. The van der Waals surface area contributed by atoms with Gasteiger partial charge in [-0.15, -0.1) is 0 Å². The predicted octanol–water partition coefficient (Wildman–Crippen LogP) is 2.16. The molecule has 0 aliphatic heterocycles. The van der Waals surface area contributed by atoms with E-state index >= 15 is 0 Å².